The fourth-order valence-corrected chi connectivity index (χ4v) is 3.97. The first-order valence-electron chi connectivity index (χ1n) is 9.99. The third-order valence-electron chi connectivity index (χ3n) is 5.42. The standard InChI is InChI=1S/C23H23N5O2/c1-27-14-18(22(26-27)16-6-4-3-5-7-16)23-17-12-20(28-8-10-30-11-9-28)21(29-2)13-19(17)24-15-25-23/h3-7,12-15H,8-11H2,1-2H3. The van der Waals surface area contributed by atoms with Gasteiger partial charge in [0.25, 0.3) is 0 Å². The summed E-state index contributed by atoms with van der Waals surface area (Å²) >= 11 is 0. The van der Waals surface area contributed by atoms with Gasteiger partial charge < -0.3 is 14.4 Å². The van der Waals surface area contributed by atoms with Crippen molar-refractivity contribution in [1.82, 2.24) is 19.7 Å². The lowest BCUT2D eigenvalue weighted by Crippen LogP contribution is -2.36. The molecule has 1 aliphatic heterocycles. The van der Waals surface area contributed by atoms with Gasteiger partial charge in [0.05, 0.1) is 37.2 Å². The highest BCUT2D eigenvalue weighted by molar-refractivity contribution is 5.98. The van der Waals surface area contributed by atoms with E-state index in [4.69, 9.17) is 14.6 Å². The molecule has 2 aromatic carbocycles. The summed E-state index contributed by atoms with van der Waals surface area (Å²) in [5.74, 6) is 0.809. The number of hydrogen-bond acceptors (Lipinski definition) is 6. The quantitative estimate of drug-likeness (QED) is 0.521. The van der Waals surface area contributed by atoms with E-state index in [0.717, 1.165) is 57.9 Å². The van der Waals surface area contributed by atoms with Crippen molar-refractivity contribution in [3.8, 4) is 28.3 Å². The molecule has 152 valence electrons. The molecule has 0 bridgehead atoms. The molecule has 0 aliphatic carbocycles. The molecule has 2 aromatic heterocycles. The van der Waals surface area contributed by atoms with Crippen LogP contribution in [0.5, 0.6) is 5.75 Å². The molecule has 0 spiro atoms. The number of anilines is 1. The van der Waals surface area contributed by atoms with Crippen LogP contribution >= 0.6 is 0 Å². The number of nitrogens with zero attached hydrogens (tertiary/aromatic N) is 5. The molecular weight excluding hydrogens is 378 g/mol. The van der Waals surface area contributed by atoms with Gasteiger partial charge in [-0.15, -0.1) is 0 Å². The second-order valence-corrected chi connectivity index (χ2v) is 7.29. The Labute approximate surface area is 174 Å². The molecule has 1 fully saturated rings. The van der Waals surface area contributed by atoms with E-state index in [2.05, 4.69) is 33.1 Å². The monoisotopic (exact) mass is 401 g/mol. The minimum absolute atomic E-state index is 0.708. The molecular formula is C23H23N5O2. The van der Waals surface area contributed by atoms with Crippen LogP contribution < -0.4 is 9.64 Å². The van der Waals surface area contributed by atoms with Crippen molar-refractivity contribution in [2.45, 2.75) is 0 Å². The molecule has 0 atom stereocenters. The van der Waals surface area contributed by atoms with E-state index in [0.29, 0.717) is 13.2 Å². The average molecular weight is 401 g/mol. The number of hydrogen-bond donors (Lipinski definition) is 0. The zero-order valence-corrected chi connectivity index (χ0v) is 17.1. The van der Waals surface area contributed by atoms with Crippen LogP contribution in [0.15, 0.2) is 55.0 Å². The van der Waals surface area contributed by atoms with E-state index in [1.165, 1.54) is 0 Å². The Hall–Kier alpha value is -3.45. The van der Waals surface area contributed by atoms with E-state index in [9.17, 15) is 0 Å². The highest BCUT2D eigenvalue weighted by Gasteiger charge is 2.21. The van der Waals surface area contributed by atoms with Crippen LogP contribution in [0, 0.1) is 0 Å². The number of aryl methyl sites for hydroxylation is 1. The Balaban J connectivity index is 1.71. The van der Waals surface area contributed by atoms with Gasteiger partial charge in [0.15, 0.2) is 0 Å². The molecule has 0 radical (unpaired) electrons. The molecule has 1 saturated heterocycles. The number of aromatic nitrogens is 4. The first-order valence-corrected chi connectivity index (χ1v) is 9.99. The minimum Gasteiger partial charge on any atom is -0.495 e. The fraction of sp³-hybridized carbons (Fsp3) is 0.261. The largest absolute Gasteiger partial charge is 0.495 e. The van der Waals surface area contributed by atoms with E-state index in [1.807, 2.05) is 42.2 Å². The number of rotatable bonds is 4. The summed E-state index contributed by atoms with van der Waals surface area (Å²) in [4.78, 5) is 11.5. The summed E-state index contributed by atoms with van der Waals surface area (Å²) in [5.41, 5.74) is 5.69. The Bertz CT molecular complexity index is 1180. The van der Waals surface area contributed by atoms with E-state index in [-0.39, 0.29) is 0 Å². The summed E-state index contributed by atoms with van der Waals surface area (Å²) in [6, 6.07) is 14.3. The lowest BCUT2D eigenvalue weighted by molar-refractivity contribution is 0.122. The molecule has 0 unspecified atom stereocenters. The third kappa shape index (κ3) is 3.27. The normalized spacial score (nSPS) is 14.3. The van der Waals surface area contributed by atoms with Gasteiger partial charge in [0.2, 0.25) is 0 Å². The van der Waals surface area contributed by atoms with Crippen molar-refractivity contribution < 1.29 is 9.47 Å². The Morgan fingerprint density at radius 3 is 2.57 bits per heavy atom. The fourth-order valence-electron chi connectivity index (χ4n) is 3.97. The smallest absolute Gasteiger partial charge is 0.144 e. The van der Waals surface area contributed by atoms with Crippen LogP contribution in [0.3, 0.4) is 0 Å². The summed E-state index contributed by atoms with van der Waals surface area (Å²) in [6.07, 6.45) is 3.62. The molecule has 0 amide bonds. The van der Waals surface area contributed by atoms with Crippen molar-refractivity contribution in [3.05, 3.63) is 55.0 Å². The van der Waals surface area contributed by atoms with Crippen molar-refractivity contribution in [3.63, 3.8) is 0 Å². The van der Waals surface area contributed by atoms with E-state index < -0.39 is 0 Å². The van der Waals surface area contributed by atoms with Gasteiger partial charge >= 0.3 is 0 Å². The minimum atomic E-state index is 0.708. The lowest BCUT2D eigenvalue weighted by atomic mass is 10.0. The maximum Gasteiger partial charge on any atom is 0.144 e. The van der Waals surface area contributed by atoms with Gasteiger partial charge in [-0.2, -0.15) is 5.10 Å². The van der Waals surface area contributed by atoms with Gasteiger partial charge in [0, 0.05) is 48.9 Å². The Morgan fingerprint density at radius 1 is 1.00 bits per heavy atom. The first kappa shape index (κ1) is 18.6. The topological polar surface area (TPSA) is 65.3 Å². The molecule has 0 saturated carbocycles. The Morgan fingerprint density at radius 2 is 1.80 bits per heavy atom. The van der Waals surface area contributed by atoms with Gasteiger partial charge in [-0.1, -0.05) is 30.3 Å². The van der Waals surface area contributed by atoms with Crippen molar-refractivity contribution in [1.29, 1.82) is 0 Å². The lowest BCUT2D eigenvalue weighted by Gasteiger charge is -2.30. The van der Waals surface area contributed by atoms with Gasteiger partial charge in [0.1, 0.15) is 17.8 Å². The first-order chi connectivity index (χ1) is 14.7. The summed E-state index contributed by atoms with van der Waals surface area (Å²) in [6.45, 7) is 3.07. The van der Waals surface area contributed by atoms with Gasteiger partial charge in [-0.25, -0.2) is 9.97 Å². The molecule has 7 nitrogen and oxygen atoms in total. The molecule has 0 N–H and O–H groups in total. The van der Waals surface area contributed by atoms with Gasteiger partial charge in [-0.05, 0) is 6.07 Å². The average Bonchev–Trinajstić information content (AvgIpc) is 3.20. The summed E-state index contributed by atoms with van der Waals surface area (Å²) in [5, 5.41) is 5.69. The summed E-state index contributed by atoms with van der Waals surface area (Å²) < 4.78 is 13.0. The van der Waals surface area contributed by atoms with Crippen LogP contribution in [0.4, 0.5) is 5.69 Å². The van der Waals surface area contributed by atoms with Crippen molar-refractivity contribution >= 4 is 16.6 Å². The highest BCUT2D eigenvalue weighted by atomic mass is 16.5. The van der Waals surface area contributed by atoms with Crippen molar-refractivity contribution in [2.24, 2.45) is 7.05 Å². The maximum absolute atomic E-state index is 5.69. The van der Waals surface area contributed by atoms with E-state index in [1.54, 1.807) is 13.4 Å². The van der Waals surface area contributed by atoms with Gasteiger partial charge in [-0.3, -0.25) is 4.68 Å². The predicted molar refractivity (Wildman–Crippen MR) is 117 cm³/mol. The zero-order chi connectivity index (χ0) is 20.5. The number of morpholine rings is 1. The number of fused-ring (bicyclic) bond motifs is 1. The molecule has 3 heterocycles. The van der Waals surface area contributed by atoms with Crippen LogP contribution in [0.2, 0.25) is 0 Å². The molecule has 1 aliphatic rings. The highest BCUT2D eigenvalue weighted by Crippen LogP contribution is 2.38. The zero-order valence-electron chi connectivity index (χ0n) is 17.1. The van der Waals surface area contributed by atoms with Crippen LogP contribution in [-0.2, 0) is 11.8 Å². The van der Waals surface area contributed by atoms with Crippen LogP contribution in [0.25, 0.3) is 33.4 Å². The number of benzene rings is 2. The molecule has 4 aromatic rings. The maximum atomic E-state index is 5.69. The molecule has 7 heteroatoms. The number of methoxy groups -OCH3 is 1. The second kappa shape index (κ2) is 7.76. The SMILES string of the molecule is COc1cc2ncnc(-c3cn(C)nc3-c3ccccc3)c2cc1N1CCOCC1. The number of ether oxygens (including phenoxy) is 2. The second-order valence-electron chi connectivity index (χ2n) is 7.29. The molecule has 5 rings (SSSR count). The van der Waals surface area contributed by atoms with Crippen LogP contribution in [0.1, 0.15) is 0 Å². The van der Waals surface area contributed by atoms with E-state index >= 15 is 0 Å². The molecule has 30 heavy (non-hydrogen) atoms. The summed E-state index contributed by atoms with van der Waals surface area (Å²) in [7, 11) is 3.63. The van der Waals surface area contributed by atoms with Crippen LogP contribution in [-0.4, -0.2) is 53.2 Å². The Kier molecular flexibility index (Phi) is 4.80. The predicted octanol–water partition coefficient (Wildman–Crippen LogP) is 3.54. The third-order valence-corrected chi connectivity index (χ3v) is 5.42. The van der Waals surface area contributed by atoms with Crippen molar-refractivity contribution in [2.75, 3.05) is 38.3 Å².